The van der Waals surface area contributed by atoms with E-state index in [9.17, 15) is 9.18 Å². The maximum Gasteiger partial charge on any atom is 0.200 e. The Balaban J connectivity index is 1.39. The molecule has 6 rings (SSSR count). The van der Waals surface area contributed by atoms with Crippen LogP contribution < -0.4 is 5.43 Å². The smallest absolute Gasteiger partial charge is 0.200 e. The van der Waals surface area contributed by atoms with Gasteiger partial charge in [-0.25, -0.2) is 4.39 Å². The fourth-order valence-corrected chi connectivity index (χ4v) is 6.41. The number of nitrogens with zero attached hydrogens (tertiary/aromatic N) is 4. The molecule has 7 heteroatoms. The Morgan fingerprint density at radius 2 is 2.05 bits per heavy atom. The number of aromatic nitrogens is 3. The highest BCUT2D eigenvalue weighted by Gasteiger charge is 2.50. The zero-order valence-electron chi connectivity index (χ0n) is 21.7. The Hall–Kier alpha value is -3.32. The molecule has 192 valence electrons. The van der Waals surface area contributed by atoms with Gasteiger partial charge in [-0.05, 0) is 79.5 Å². The Morgan fingerprint density at radius 3 is 2.78 bits per heavy atom. The molecule has 1 saturated heterocycles. The third-order valence-corrected chi connectivity index (χ3v) is 8.27. The second kappa shape index (κ2) is 9.21. The van der Waals surface area contributed by atoms with Gasteiger partial charge in [0, 0.05) is 20.1 Å². The summed E-state index contributed by atoms with van der Waals surface area (Å²) in [6, 6.07) is 12.0. The van der Waals surface area contributed by atoms with Crippen molar-refractivity contribution < 1.29 is 8.81 Å². The van der Waals surface area contributed by atoms with E-state index < -0.39 is 11.6 Å². The number of piperidine rings is 1. The molecular weight excluding hydrogens is 467 g/mol. The van der Waals surface area contributed by atoms with Crippen LogP contribution in [0, 0.1) is 12.8 Å². The minimum absolute atomic E-state index is 0.0416. The summed E-state index contributed by atoms with van der Waals surface area (Å²) in [5.74, 6) is 1.45. The molecule has 2 fully saturated rings. The first-order valence-electron chi connectivity index (χ1n) is 13.2. The van der Waals surface area contributed by atoms with Crippen LogP contribution in [0.15, 0.2) is 58.2 Å². The van der Waals surface area contributed by atoms with Crippen molar-refractivity contribution in [3.05, 3.63) is 81.7 Å². The van der Waals surface area contributed by atoms with Crippen molar-refractivity contribution in [3.63, 3.8) is 0 Å². The summed E-state index contributed by atoms with van der Waals surface area (Å²) in [6.45, 7) is 7.33. The number of alkyl halides is 1. The summed E-state index contributed by atoms with van der Waals surface area (Å²) in [5.41, 5.74) is 4.38. The van der Waals surface area contributed by atoms with Gasteiger partial charge >= 0.3 is 0 Å². The predicted molar refractivity (Wildman–Crippen MR) is 142 cm³/mol. The number of likely N-dealkylation sites (tertiary alicyclic amines) is 1. The Kier molecular flexibility index (Phi) is 5.98. The average molecular weight is 501 g/mol. The lowest BCUT2D eigenvalue weighted by molar-refractivity contribution is 0.114. The largest absolute Gasteiger partial charge is 0.463 e. The number of aryl methyl sites for hydroxylation is 2. The predicted octanol–water partition coefficient (Wildman–Crippen LogP) is 5.55. The molecule has 1 atom stereocenters. The minimum Gasteiger partial charge on any atom is -0.463 e. The van der Waals surface area contributed by atoms with E-state index in [-0.39, 0.29) is 5.43 Å². The molecule has 0 bridgehead atoms. The molecule has 3 heterocycles. The molecule has 0 N–H and O–H groups in total. The molecule has 0 spiro atoms. The molecule has 0 amide bonds. The highest BCUT2D eigenvalue weighted by Crippen LogP contribution is 2.50. The van der Waals surface area contributed by atoms with Crippen molar-refractivity contribution in [2.24, 2.45) is 13.0 Å². The summed E-state index contributed by atoms with van der Waals surface area (Å²) in [4.78, 5) is 16.3. The van der Waals surface area contributed by atoms with Crippen LogP contribution in [0.25, 0.3) is 22.1 Å². The first-order valence-corrected chi connectivity index (χ1v) is 13.2. The Morgan fingerprint density at radius 1 is 1.22 bits per heavy atom. The molecule has 2 aliphatic rings. The van der Waals surface area contributed by atoms with Gasteiger partial charge < -0.3 is 8.98 Å². The van der Waals surface area contributed by atoms with Gasteiger partial charge in [0.25, 0.3) is 0 Å². The summed E-state index contributed by atoms with van der Waals surface area (Å²) in [7, 11) is 1.88. The lowest BCUT2D eigenvalue weighted by Gasteiger charge is -2.43. The first-order chi connectivity index (χ1) is 17.8. The highest BCUT2D eigenvalue weighted by atomic mass is 19.1. The summed E-state index contributed by atoms with van der Waals surface area (Å²) in [5, 5.41) is 8.96. The van der Waals surface area contributed by atoms with Gasteiger partial charge in [-0.1, -0.05) is 31.2 Å². The number of rotatable bonds is 5. The van der Waals surface area contributed by atoms with Crippen molar-refractivity contribution in [2.45, 2.75) is 57.7 Å². The Labute approximate surface area is 216 Å². The standard InChI is InChI=1S/C30H33FN4O2/c1-19-6-5-9-35(15-19)16-21-10-20(2)28-25(11-21)27(36)26(17-37-28)22-7-4-8-23(12-22)30(13-24(31)14-30)29-33-32-18-34(29)3/h4,7-8,10-12,17-19,24H,5-6,9,13-16H2,1-3H3/t19-,24-,30-/m0/s1. The second-order valence-electron chi connectivity index (χ2n) is 11.2. The zero-order valence-corrected chi connectivity index (χ0v) is 21.7. The van der Waals surface area contributed by atoms with E-state index in [2.05, 4.69) is 28.1 Å². The second-order valence-corrected chi connectivity index (χ2v) is 11.2. The maximum absolute atomic E-state index is 14.2. The summed E-state index contributed by atoms with van der Waals surface area (Å²) in [6.07, 6.45) is 5.54. The Bertz CT molecular complexity index is 1520. The molecule has 2 aromatic carbocycles. The monoisotopic (exact) mass is 500 g/mol. The zero-order chi connectivity index (χ0) is 25.7. The maximum atomic E-state index is 14.2. The lowest BCUT2D eigenvalue weighted by atomic mass is 9.62. The van der Waals surface area contributed by atoms with Crippen LogP contribution in [0.4, 0.5) is 4.39 Å². The molecule has 37 heavy (non-hydrogen) atoms. The van der Waals surface area contributed by atoms with E-state index in [4.69, 9.17) is 4.42 Å². The van der Waals surface area contributed by atoms with E-state index >= 15 is 0 Å². The van der Waals surface area contributed by atoms with Crippen molar-refractivity contribution in [2.75, 3.05) is 13.1 Å². The van der Waals surface area contributed by atoms with Crippen molar-refractivity contribution in [1.82, 2.24) is 19.7 Å². The number of benzene rings is 2. The van der Waals surface area contributed by atoms with Crippen LogP contribution in [0.1, 0.15) is 55.1 Å². The molecule has 1 aliphatic carbocycles. The van der Waals surface area contributed by atoms with Crippen LogP contribution in [-0.4, -0.2) is 38.9 Å². The molecule has 0 radical (unpaired) electrons. The molecule has 1 aliphatic heterocycles. The summed E-state index contributed by atoms with van der Waals surface area (Å²) < 4.78 is 22.1. The fraction of sp³-hybridized carbons (Fsp3) is 0.433. The normalized spacial score (nSPS) is 24.3. The van der Waals surface area contributed by atoms with E-state index in [1.807, 2.05) is 48.9 Å². The van der Waals surface area contributed by atoms with E-state index in [1.165, 1.54) is 12.8 Å². The fourth-order valence-electron chi connectivity index (χ4n) is 6.41. The van der Waals surface area contributed by atoms with Crippen molar-refractivity contribution >= 4 is 11.0 Å². The topological polar surface area (TPSA) is 64.2 Å². The molecule has 1 saturated carbocycles. The van der Waals surface area contributed by atoms with Gasteiger partial charge in [0.2, 0.25) is 5.43 Å². The summed E-state index contributed by atoms with van der Waals surface area (Å²) >= 11 is 0. The van der Waals surface area contributed by atoms with Gasteiger partial charge in [-0.3, -0.25) is 9.69 Å². The number of hydrogen-bond acceptors (Lipinski definition) is 5. The van der Waals surface area contributed by atoms with Crippen LogP contribution in [0.2, 0.25) is 0 Å². The van der Waals surface area contributed by atoms with Crippen LogP contribution >= 0.6 is 0 Å². The van der Waals surface area contributed by atoms with Crippen LogP contribution in [0.3, 0.4) is 0 Å². The molecule has 4 aromatic rings. The molecule has 6 nitrogen and oxygen atoms in total. The van der Waals surface area contributed by atoms with E-state index in [0.717, 1.165) is 47.7 Å². The van der Waals surface area contributed by atoms with Gasteiger partial charge in [0.1, 0.15) is 30.2 Å². The number of fused-ring (bicyclic) bond motifs is 1. The van der Waals surface area contributed by atoms with Crippen molar-refractivity contribution in [1.29, 1.82) is 0 Å². The van der Waals surface area contributed by atoms with Crippen molar-refractivity contribution in [3.8, 4) is 11.1 Å². The van der Waals surface area contributed by atoms with Crippen LogP contribution in [-0.2, 0) is 19.0 Å². The van der Waals surface area contributed by atoms with Crippen LogP contribution in [0.5, 0.6) is 0 Å². The molecule has 0 unspecified atom stereocenters. The molecule has 2 aromatic heterocycles. The quantitative estimate of drug-likeness (QED) is 0.360. The third kappa shape index (κ3) is 4.19. The van der Waals surface area contributed by atoms with E-state index in [1.54, 1.807) is 12.6 Å². The lowest BCUT2D eigenvalue weighted by Crippen LogP contribution is -2.45. The minimum atomic E-state index is -0.879. The van der Waals surface area contributed by atoms with Gasteiger partial charge in [0.05, 0.1) is 16.4 Å². The van der Waals surface area contributed by atoms with Gasteiger partial charge in [0.15, 0.2) is 0 Å². The SMILES string of the molecule is Cc1cc(CN2CCC[C@H](C)C2)cc2c(=O)c(-c3cccc([C@]4(c5nncn5C)C[C@H](F)C4)c3)coc12. The van der Waals surface area contributed by atoms with Gasteiger partial charge in [-0.15, -0.1) is 10.2 Å². The van der Waals surface area contributed by atoms with E-state index in [0.29, 0.717) is 35.3 Å². The number of halogens is 1. The molecular formula is C30H33FN4O2. The number of hydrogen-bond donors (Lipinski definition) is 0. The van der Waals surface area contributed by atoms with Gasteiger partial charge in [-0.2, -0.15) is 0 Å². The first kappa shape index (κ1) is 24.0. The average Bonchev–Trinajstić information content (AvgIpc) is 3.28. The third-order valence-electron chi connectivity index (χ3n) is 8.27. The highest BCUT2D eigenvalue weighted by molar-refractivity contribution is 5.84.